The molecule has 4 aliphatic rings. The van der Waals surface area contributed by atoms with Crippen molar-refractivity contribution >= 4 is 23.3 Å². The smallest absolute Gasteiger partial charge is 0.223 e. The second kappa shape index (κ2) is 7.21. The fourth-order valence-electron chi connectivity index (χ4n) is 5.96. The van der Waals surface area contributed by atoms with Crippen LogP contribution in [-0.2, 0) is 4.79 Å². The summed E-state index contributed by atoms with van der Waals surface area (Å²) in [6, 6.07) is 7.31. The number of hydrogen-bond donors (Lipinski definition) is 2. The molecule has 7 heteroatoms. The first-order chi connectivity index (χ1) is 13.7. The van der Waals surface area contributed by atoms with Crippen LogP contribution >= 0.6 is 11.6 Å². The lowest BCUT2D eigenvalue weighted by molar-refractivity contribution is -0.145. The average molecular weight is 415 g/mol. The van der Waals surface area contributed by atoms with Gasteiger partial charge in [0, 0.05) is 16.5 Å². The van der Waals surface area contributed by atoms with Gasteiger partial charge in [0.1, 0.15) is 5.75 Å². The van der Waals surface area contributed by atoms with E-state index in [9.17, 15) is 10.1 Å². The molecule has 154 valence electrons. The third-order valence-corrected chi connectivity index (χ3v) is 7.27. The highest BCUT2D eigenvalue weighted by molar-refractivity contribution is 6.30. The molecule has 0 heterocycles. The van der Waals surface area contributed by atoms with Crippen LogP contribution < -0.4 is 15.8 Å². The van der Waals surface area contributed by atoms with E-state index in [1.165, 1.54) is 0 Å². The van der Waals surface area contributed by atoms with E-state index in [4.69, 9.17) is 22.1 Å². The van der Waals surface area contributed by atoms with E-state index >= 15 is 0 Å². The molecule has 2 unspecified atom stereocenters. The molecule has 0 aliphatic heterocycles. The van der Waals surface area contributed by atoms with Crippen LogP contribution in [0, 0.1) is 34.6 Å². The number of nitrogens with one attached hydrogen (secondary N) is 1. The Kier molecular flexibility index (Phi) is 4.98. The van der Waals surface area contributed by atoms with Gasteiger partial charge in [-0.2, -0.15) is 10.3 Å². The summed E-state index contributed by atoms with van der Waals surface area (Å²) in [6.45, 7) is 3.79. The predicted octanol–water partition coefficient (Wildman–Crippen LogP) is 3.65. The lowest BCUT2D eigenvalue weighted by atomic mass is 9.47. The first-order valence-corrected chi connectivity index (χ1v) is 10.6. The number of nitriles is 1. The molecule has 0 aromatic heterocycles. The number of nitrogens with two attached hydrogens (primary N) is 1. The fourth-order valence-corrected chi connectivity index (χ4v) is 6.08. The number of aliphatic imine (C=N–C) groups is 1. The van der Waals surface area contributed by atoms with Crippen molar-refractivity contribution in [2.75, 3.05) is 0 Å². The molecule has 4 bridgehead atoms. The summed E-state index contributed by atoms with van der Waals surface area (Å²) in [5, 5.41) is 13.5. The summed E-state index contributed by atoms with van der Waals surface area (Å²) >= 11 is 5.96. The molecule has 29 heavy (non-hydrogen) atoms. The normalized spacial score (nSPS) is 33.2. The van der Waals surface area contributed by atoms with E-state index < -0.39 is 5.60 Å². The largest absolute Gasteiger partial charge is 0.480 e. The molecule has 0 saturated heterocycles. The van der Waals surface area contributed by atoms with Crippen molar-refractivity contribution < 1.29 is 9.53 Å². The number of hydrogen-bond acceptors (Lipinski definition) is 4. The third-order valence-electron chi connectivity index (χ3n) is 7.02. The highest BCUT2D eigenvalue weighted by atomic mass is 35.5. The van der Waals surface area contributed by atoms with Gasteiger partial charge in [-0.1, -0.05) is 11.6 Å². The molecular weight excluding hydrogens is 388 g/mol. The molecule has 1 aromatic rings. The quantitative estimate of drug-likeness (QED) is 0.436. The van der Waals surface area contributed by atoms with Crippen LogP contribution in [0.5, 0.6) is 5.75 Å². The van der Waals surface area contributed by atoms with Crippen molar-refractivity contribution in [3.63, 3.8) is 0 Å². The topological polar surface area (TPSA) is 100 Å². The van der Waals surface area contributed by atoms with Gasteiger partial charge in [-0.05, 0) is 88.0 Å². The number of rotatable bonds is 5. The Labute approximate surface area is 176 Å². The monoisotopic (exact) mass is 414 g/mol. The first kappa shape index (κ1) is 20.0. The van der Waals surface area contributed by atoms with E-state index in [0.29, 0.717) is 34.4 Å². The van der Waals surface area contributed by atoms with Crippen molar-refractivity contribution in [1.82, 2.24) is 5.32 Å². The van der Waals surface area contributed by atoms with E-state index in [1.54, 1.807) is 24.3 Å². The summed E-state index contributed by atoms with van der Waals surface area (Å²) in [6.07, 6.45) is 6.70. The van der Waals surface area contributed by atoms with Gasteiger partial charge >= 0.3 is 0 Å². The zero-order valence-electron chi connectivity index (χ0n) is 16.8. The average Bonchev–Trinajstić information content (AvgIpc) is 2.65. The fraction of sp³-hybridized carbons (Fsp3) is 0.591. The molecule has 1 amide bonds. The summed E-state index contributed by atoms with van der Waals surface area (Å²) < 4.78 is 6.15. The SMILES string of the molecule is CC(C)(Oc1ccc(Cl)cc1)/C(=N\C#N)NC1C2CC3CC1CC(C(N)=O)(C3)C2. The van der Waals surface area contributed by atoms with Gasteiger partial charge in [-0.25, -0.2) is 0 Å². The van der Waals surface area contributed by atoms with Gasteiger partial charge < -0.3 is 15.8 Å². The Morgan fingerprint density at radius 3 is 2.45 bits per heavy atom. The number of amidine groups is 1. The maximum absolute atomic E-state index is 12.2. The van der Waals surface area contributed by atoms with Crippen LogP contribution in [0.2, 0.25) is 5.02 Å². The van der Waals surface area contributed by atoms with E-state index in [0.717, 1.165) is 32.1 Å². The molecular formula is C22H27ClN4O2. The summed E-state index contributed by atoms with van der Waals surface area (Å²) in [5.41, 5.74) is 4.64. The molecule has 6 nitrogen and oxygen atoms in total. The Bertz CT molecular complexity index is 858. The van der Waals surface area contributed by atoms with Crippen molar-refractivity contribution in [2.24, 2.45) is 33.9 Å². The Morgan fingerprint density at radius 2 is 1.90 bits per heavy atom. The van der Waals surface area contributed by atoms with E-state index in [2.05, 4.69) is 10.3 Å². The first-order valence-electron chi connectivity index (χ1n) is 10.2. The number of benzene rings is 1. The second-order valence-electron chi connectivity index (χ2n) is 9.41. The van der Waals surface area contributed by atoms with Crippen LogP contribution in [0.1, 0.15) is 46.0 Å². The molecule has 0 spiro atoms. The van der Waals surface area contributed by atoms with E-state index in [1.807, 2.05) is 20.0 Å². The standard InChI is InChI=1S/C22H27ClN4O2/c1-21(2,29-17-5-3-16(23)4-6-17)20(26-12-24)27-18-14-7-13-8-15(18)11-22(9-13,10-14)19(25)28/h3-6,13-15,18H,7-11H2,1-2H3,(H2,25,28)(H,26,27). The molecule has 4 fully saturated rings. The maximum atomic E-state index is 12.2. The Morgan fingerprint density at radius 1 is 1.28 bits per heavy atom. The Hall–Kier alpha value is -2.26. The summed E-state index contributed by atoms with van der Waals surface area (Å²) in [5.74, 6) is 2.33. The minimum atomic E-state index is -0.820. The molecule has 5 rings (SSSR count). The van der Waals surface area contributed by atoms with E-state index in [-0.39, 0.29) is 17.4 Å². The number of primary amides is 1. The highest BCUT2D eigenvalue weighted by Gasteiger charge is 2.58. The van der Waals surface area contributed by atoms with Crippen LogP contribution in [0.3, 0.4) is 0 Å². The lowest BCUT2D eigenvalue weighted by Crippen LogP contribution is -2.64. The second-order valence-corrected chi connectivity index (χ2v) is 9.85. The molecule has 0 radical (unpaired) electrons. The zero-order chi connectivity index (χ0) is 20.8. The van der Waals surface area contributed by atoms with Crippen LogP contribution in [0.4, 0.5) is 0 Å². The van der Waals surface area contributed by atoms with Gasteiger partial charge in [0.25, 0.3) is 0 Å². The van der Waals surface area contributed by atoms with Gasteiger partial charge in [0.15, 0.2) is 11.4 Å². The van der Waals surface area contributed by atoms with Gasteiger partial charge in [0.05, 0.1) is 0 Å². The van der Waals surface area contributed by atoms with Crippen LogP contribution in [-0.4, -0.2) is 23.4 Å². The number of halogens is 1. The molecule has 2 atom stereocenters. The predicted molar refractivity (Wildman–Crippen MR) is 111 cm³/mol. The number of carbonyl (C=O) groups excluding carboxylic acids is 1. The highest BCUT2D eigenvalue weighted by Crippen LogP contribution is 2.60. The maximum Gasteiger partial charge on any atom is 0.223 e. The minimum Gasteiger partial charge on any atom is -0.480 e. The number of nitrogens with zero attached hydrogens (tertiary/aromatic N) is 2. The number of carbonyl (C=O) groups is 1. The van der Waals surface area contributed by atoms with Gasteiger partial charge in [-0.3, -0.25) is 4.79 Å². The lowest BCUT2D eigenvalue weighted by Gasteiger charge is -2.59. The number of ether oxygens (including phenoxy) is 1. The van der Waals surface area contributed by atoms with Crippen LogP contribution in [0.15, 0.2) is 29.3 Å². The van der Waals surface area contributed by atoms with Crippen molar-refractivity contribution in [1.29, 1.82) is 5.26 Å². The minimum absolute atomic E-state index is 0.146. The third kappa shape index (κ3) is 3.69. The van der Waals surface area contributed by atoms with Gasteiger partial charge in [-0.15, -0.1) is 0 Å². The van der Waals surface area contributed by atoms with Crippen molar-refractivity contribution in [2.45, 2.75) is 57.6 Å². The zero-order valence-corrected chi connectivity index (χ0v) is 17.6. The summed E-state index contributed by atoms with van der Waals surface area (Å²) in [7, 11) is 0. The Balaban J connectivity index is 1.53. The number of amides is 1. The van der Waals surface area contributed by atoms with Crippen molar-refractivity contribution in [3.05, 3.63) is 29.3 Å². The van der Waals surface area contributed by atoms with Gasteiger partial charge in [0.2, 0.25) is 12.1 Å². The summed E-state index contributed by atoms with van der Waals surface area (Å²) in [4.78, 5) is 16.3. The van der Waals surface area contributed by atoms with Crippen LogP contribution in [0.25, 0.3) is 0 Å². The molecule has 4 saturated carbocycles. The molecule has 3 N–H and O–H groups in total. The molecule has 1 aromatic carbocycles. The molecule has 4 aliphatic carbocycles. The van der Waals surface area contributed by atoms with Crippen molar-refractivity contribution in [3.8, 4) is 11.9 Å².